The molecule has 4 heteroatoms. The third-order valence-corrected chi connectivity index (χ3v) is 4.25. The monoisotopic (exact) mass is 293 g/mol. The minimum Gasteiger partial charge on any atom is -0.458 e. The first-order valence-electron chi connectivity index (χ1n) is 7.70. The number of carbonyl (C=O) groups excluding carboxylic acids is 1. The van der Waals surface area contributed by atoms with E-state index in [1.54, 1.807) is 12.1 Å². The molecule has 0 unspecified atom stereocenters. The number of hydrogen-bond acceptors (Lipinski definition) is 3. The van der Waals surface area contributed by atoms with Crippen LogP contribution in [0.3, 0.4) is 0 Å². The van der Waals surface area contributed by atoms with Gasteiger partial charge in [-0.3, -0.25) is 4.90 Å². The summed E-state index contributed by atoms with van der Waals surface area (Å²) in [4.78, 5) is 14.4. The molecule has 3 nitrogen and oxygen atoms in total. The van der Waals surface area contributed by atoms with Crippen molar-refractivity contribution < 1.29 is 13.9 Å². The molecule has 0 amide bonds. The quantitative estimate of drug-likeness (QED) is 0.794. The Morgan fingerprint density at radius 3 is 2.57 bits per heavy atom. The molecule has 0 spiro atoms. The lowest BCUT2D eigenvalue weighted by Gasteiger charge is -2.40. The van der Waals surface area contributed by atoms with Gasteiger partial charge in [-0.2, -0.15) is 0 Å². The maximum Gasteiger partial charge on any atom is 0.341 e. The van der Waals surface area contributed by atoms with E-state index < -0.39 is 11.8 Å². The van der Waals surface area contributed by atoms with Crippen LogP contribution in [0.4, 0.5) is 4.39 Å². The fraction of sp³-hybridized carbons (Fsp3) is 0.588. The Morgan fingerprint density at radius 2 is 1.95 bits per heavy atom. The normalized spacial score (nSPS) is 24.6. The molecule has 116 valence electrons. The van der Waals surface area contributed by atoms with Crippen molar-refractivity contribution in [3.63, 3.8) is 0 Å². The third kappa shape index (κ3) is 4.03. The van der Waals surface area contributed by atoms with Crippen LogP contribution in [-0.4, -0.2) is 35.6 Å². The molecule has 1 fully saturated rings. The second-order valence-electron chi connectivity index (χ2n) is 6.02. The van der Waals surface area contributed by atoms with E-state index in [0.717, 1.165) is 0 Å². The Bertz CT molecular complexity index is 481. The lowest BCUT2D eigenvalue weighted by molar-refractivity contribution is 0.00775. The van der Waals surface area contributed by atoms with Crippen LogP contribution < -0.4 is 0 Å². The number of ether oxygens (including phenoxy) is 1. The molecule has 1 heterocycles. The highest BCUT2D eigenvalue weighted by Crippen LogP contribution is 2.23. The zero-order chi connectivity index (χ0) is 15.4. The van der Waals surface area contributed by atoms with Gasteiger partial charge in [-0.05, 0) is 45.7 Å². The van der Waals surface area contributed by atoms with E-state index >= 15 is 0 Å². The molecule has 1 aromatic rings. The number of likely N-dealkylation sites (tertiary alicyclic amines) is 1. The molecule has 0 N–H and O–H groups in total. The van der Waals surface area contributed by atoms with Crippen molar-refractivity contribution in [2.75, 3.05) is 6.54 Å². The Kier molecular flexibility index (Phi) is 5.34. The topological polar surface area (TPSA) is 29.5 Å². The van der Waals surface area contributed by atoms with E-state index in [-0.39, 0.29) is 11.7 Å². The molecule has 2 rings (SSSR count). The van der Waals surface area contributed by atoms with Crippen LogP contribution >= 0.6 is 0 Å². The van der Waals surface area contributed by atoms with Gasteiger partial charge in [-0.25, -0.2) is 9.18 Å². The first kappa shape index (κ1) is 16.0. The Morgan fingerprint density at radius 1 is 1.33 bits per heavy atom. The minimum atomic E-state index is -0.585. The highest BCUT2D eigenvalue weighted by molar-refractivity contribution is 5.89. The smallest absolute Gasteiger partial charge is 0.341 e. The van der Waals surface area contributed by atoms with Crippen LogP contribution in [0, 0.1) is 5.82 Å². The van der Waals surface area contributed by atoms with Crippen LogP contribution in [-0.2, 0) is 4.74 Å². The van der Waals surface area contributed by atoms with Gasteiger partial charge in [0.25, 0.3) is 0 Å². The summed E-state index contributed by atoms with van der Waals surface area (Å²) in [6.07, 6.45) is 3.36. The van der Waals surface area contributed by atoms with Gasteiger partial charge in [0.1, 0.15) is 11.9 Å². The number of esters is 1. The summed E-state index contributed by atoms with van der Waals surface area (Å²) >= 11 is 0. The number of halogens is 1. The van der Waals surface area contributed by atoms with E-state index in [9.17, 15) is 9.18 Å². The summed E-state index contributed by atoms with van der Waals surface area (Å²) in [6.45, 7) is 6.98. The lowest BCUT2D eigenvalue weighted by Crippen LogP contribution is -2.47. The zero-order valence-corrected chi connectivity index (χ0v) is 13.0. The first-order valence-corrected chi connectivity index (χ1v) is 7.70. The van der Waals surface area contributed by atoms with Crippen LogP contribution in [0.5, 0.6) is 0 Å². The van der Waals surface area contributed by atoms with Gasteiger partial charge in [0, 0.05) is 18.6 Å². The molecule has 1 aliphatic rings. The second kappa shape index (κ2) is 7.03. The average Bonchev–Trinajstić information content (AvgIpc) is 2.43. The summed E-state index contributed by atoms with van der Waals surface area (Å²) in [5.74, 6) is -1.12. The largest absolute Gasteiger partial charge is 0.458 e. The number of piperidine rings is 1. The van der Waals surface area contributed by atoms with E-state index in [1.807, 2.05) is 6.92 Å². The minimum absolute atomic E-state index is 0.00379. The summed E-state index contributed by atoms with van der Waals surface area (Å²) in [6, 6.07) is 6.94. The Hall–Kier alpha value is -1.42. The van der Waals surface area contributed by atoms with Gasteiger partial charge in [-0.15, -0.1) is 0 Å². The molecule has 1 aliphatic heterocycles. The van der Waals surface area contributed by atoms with Gasteiger partial charge in [-0.1, -0.05) is 18.6 Å². The van der Waals surface area contributed by atoms with Crippen LogP contribution in [0.1, 0.15) is 50.4 Å². The van der Waals surface area contributed by atoms with Crippen molar-refractivity contribution in [3.8, 4) is 0 Å². The van der Waals surface area contributed by atoms with Crippen LogP contribution in [0.15, 0.2) is 24.3 Å². The highest BCUT2D eigenvalue weighted by Gasteiger charge is 2.27. The highest BCUT2D eigenvalue weighted by atomic mass is 19.1. The lowest BCUT2D eigenvalue weighted by atomic mass is 9.97. The summed E-state index contributed by atoms with van der Waals surface area (Å²) in [5, 5.41) is 0. The predicted molar refractivity (Wildman–Crippen MR) is 80.8 cm³/mol. The van der Waals surface area contributed by atoms with Gasteiger partial charge >= 0.3 is 5.97 Å². The number of carbonyl (C=O) groups is 1. The maximum atomic E-state index is 13.6. The molecular weight excluding hydrogens is 269 g/mol. The predicted octanol–water partition coefficient (Wildman–Crippen LogP) is 3.63. The number of rotatable bonds is 4. The molecule has 3 atom stereocenters. The molecule has 1 saturated heterocycles. The van der Waals surface area contributed by atoms with Gasteiger partial charge in [0.05, 0.1) is 5.56 Å². The Balaban J connectivity index is 1.93. The van der Waals surface area contributed by atoms with Crippen LogP contribution in [0.2, 0.25) is 0 Å². The summed E-state index contributed by atoms with van der Waals surface area (Å²) in [5.41, 5.74) is 0.00379. The van der Waals surface area contributed by atoms with Crippen molar-refractivity contribution >= 4 is 5.97 Å². The number of benzene rings is 1. The van der Waals surface area contributed by atoms with Gasteiger partial charge in [0.15, 0.2) is 0 Å². The van der Waals surface area contributed by atoms with Crippen molar-refractivity contribution in [1.29, 1.82) is 0 Å². The molecule has 0 saturated carbocycles. The molecule has 0 radical (unpaired) electrons. The number of hydrogen-bond donors (Lipinski definition) is 0. The van der Waals surface area contributed by atoms with E-state index in [0.29, 0.717) is 18.6 Å². The van der Waals surface area contributed by atoms with E-state index in [2.05, 4.69) is 18.7 Å². The number of nitrogens with zero attached hydrogens (tertiary/aromatic N) is 1. The van der Waals surface area contributed by atoms with E-state index in [1.165, 1.54) is 31.4 Å². The molecule has 1 aromatic carbocycles. The Labute approximate surface area is 126 Å². The standard InChI is InChI=1S/C17H24FNO2/c1-12-7-6-8-13(2)19(12)11-14(3)21-17(20)15-9-4-5-10-16(15)18/h4-5,9-10,12-14H,6-8,11H2,1-3H3/t12-,13+,14-/m0/s1. The van der Waals surface area contributed by atoms with E-state index in [4.69, 9.17) is 4.74 Å². The zero-order valence-electron chi connectivity index (χ0n) is 13.0. The fourth-order valence-corrected chi connectivity index (χ4v) is 3.04. The second-order valence-corrected chi connectivity index (χ2v) is 6.02. The molecule has 0 aliphatic carbocycles. The fourth-order valence-electron chi connectivity index (χ4n) is 3.04. The summed E-state index contributed by atoms with van der Waals surface area (Å²) < 4.78 is 19.0. The molecule has 0 bridgehead atoms. The van der Waals surface area contributed by atoms with Crippen LogP contribution in [0.25, 0.3) is 0 Å². The molecule has 0 aromatic heterocycles. The van der Waals surface area contributed by atoms with Gasteiger partial charge in [0.2, 0.25) is 0 Å². The SMILES string of the molecule is C[C@@H]1CCC[C@H](C)N1C[C@H](C)OC(=O)c1ccccc1F. The molecular formula is C17H24FNO2. The third-order valence-electron chi connectivity index (χ3n) is 4.25. The summed E-state index contributed by atoms with van der Waals surface area (Å²) in [7, 11) is 0. The van der Waals surface area contributed by atoms with Gasteiger partial charge < -0.3 is 4.74 Å². The van der Waals surface area contributed by atoms with Crippen molar-refractivity contribution in [3.05, 3.63) is 35.6 Å². The molecule has 21 heavy (non-hydrogen) atoms. The van der Waals surface area contributed by atoms with Crippen molar-refractivity contribution in [2.24, 2.45) is 0 Å². The average molecular weight is 293 g/mol. The van der Waals surface area contributed by atoms with Crippen molar-refractivity contribution in [1.82, 2.24) is 4.90 Å². The maximum absolute atomic E-state index is 13.6. The first-order chi connectivity index (χ1) is 9.99. The van der Waals surface area contributed by atoms with Crippen molar-refractivity contribution in [2.45, 2.75) is 58.2 Å².